The molecule has 1 N–H and O–H groups in total. The lowest BCUT2D eigenvalue weighted by molar-refractivity contribution is 0.0367. The molecule has 0 saturated carbocycles. The minimum absolute atomic E-state index is 0.0725. The van der Waals surface area contributed by atoms with Gasteiger partial charge in [-0.15, -0.1) is 0 Å². The highest BCUT2D eigenvalue weighted by molar-refractivity contribution is 6.31. The highest BCUT2D eigenvalue weighted by Crippen LogP contribution is 2.29. The number of hydrogen-bond donors (Lipinski definition) is 1. The van der Waals surface area contributed by atoms with Crippen molar-refractivity contribution in [1.82, 2.24) is 14.5 Å². The molecule has 1 aliphatic heterocycles. The van der Waals surface area contributed by atoms with Crippen molar-refractivity contribution in [3.05, 3.63) is 82.0 Å². The van der Waals surface area contributed by atoms with Crippen LogP contribution in [0.5, 0.6) is 5.75 Å². The van der Waals surface area contributed by atoms with Gasteiger partial charge >= 0.3 is 0 Å². The number of halogens is 1. The van der Waals surface area contributed by atoms with Crippen LogP contribution < -0.4 is 10.3 Å². The summed E-state index contributed by atoms with van der Waals surface area (Å²) in [5.41, 5.74) is 2.75. The maximum atomic E-state index is 11.6. The van der Waals surface area contributed by atoms with E-state index in [0.29, 0.717) is 23.2 Å². The highest BCUT2D eigenvalue weighted by Gasteiger charge is 2.30. The average Bonchev–Trinajstić information content (AvgIpc) is 2.71. The maximum Gasteiger partial charge on any atom is 0.250 e. The first-order valence-corrected chi connectivity index (χ1v) is 10.3. The third-order valence-corrected chi connectivity index (χ3v) is 5.48. The van der Waals surface area contributed by atoms with Gasteiger partial charge in [-0.1, -0.05) is 17.7 Å². The van der Waals surface area contributed by atoms with Crippen molar-refractivity contribution in [3.63, 3.8) is 0 Å². The molecule has 4 rings (SSSR count). The summed E-state index contributed by atoms with van der Waals surface area (Å²) in [5.74, 6) is 1.01. The molecular formula is C23H24ClN3O3. The lowest BCUT2D eigenvalue weighted by Gasteiger charge is -2.39. The highest BCUT2D eigenvalue weighted by atomic mass is 35.5. The largest absolute Gasteiger partial charge is 0.491 e. The molecule has 0 amide bonds. The molecule has 1 aliphatic rings. The van der Waals surface area contributed by atoms with Gasteiger partial charge < -0.3 is 14.4 Å². The Morgan fingerprint density at radius 2 is 2.03 bits per heavy atom. The number of benzene rings is 1. The summed E-state index contributed by atoms with van der Waals surface area (Å²) in [7, 11) is 1.71. The monoisotopic (exact) mass is 425 g/mol. The molecule has 30 heavy (non-hydrogen) atoms. The molecule has 1 unspecified atom stereocenters. The Morgan fingerprint density at radius 1 is 1.20 bits per heavy atom. The van der Waals surface area contributed by atoms with Crippen molar-refractivity contribution in [2.24, 2.45) is 7.05 Å². The number of aromatic nitrogens is 2. The van der Waals surface area contributed by atoms with Gasteiger partial charge in [-0.25, -0.2) is 0 Å². The molecule has 156 valence electrons. The number of aliphatic hydroxyl groups excluding tert-OH is 1. The Balaban J connectivity index is 1.32. The first-order chi connectivity index (χ1) is 14.5. The second-order valence-electron chi connectivity index (χ2n) is 7.68. The summed E-state index contributed by atoms with van der Waals surface area (Å²) in [6.45, 7) is 2.51. The quantitative estimate of drug-likeness (QED) is 0.630. The normalized spacial score (nSPS) is 15.6. The van der Waals surface area contributed by atoms with Crippen molar-refractivity contribution in [2.75, 3.05) is 26.2 Å². The molecule has 0 spiro atoms. The van der Waals surface area contributed by atoms with E-state index in [-0.39, 0.29) is 12.2 Å². The van der Waals surface area contributed by atoms with Crippen LogP contribution >= 0.6 is 11.6 Å². The number of rotatable bonds is 7. The van der Waals surface area contributed by atoms with E-state index in [9.17, 15) is 9.90 Å². The SMILES string of the molecule is Cn1cc(-c2cc(Cl)cc(OCC(O)CN3CC(c4ccccn4)C3)c2)ccc1=O. The number of nitrogens with zero attached hydrogens (tertiary/aromatic N) is 3. The summed E-state index contributed by atoms with van der Waals surface area (Å²) in [6, 6.07) is 14.6. The van der Waals surface area contributed by atoms with Gasteiger partial charge in [-0.3, -0.25) is 14.7 Å². The standard InChI is InChI=1S/C23H24ClN3O3/c1-26-11-16(5-6-23(26)29)17-8-19(24)10-21(9-17)30-15-20(28)14-27-12-18(13-27)22-4-2-3-7-25-22/h2-11,18,20,28H,12-15H2,1H3. The van der Waals surface area contributed by atoms with Crippen molar-refractivity contribution < 1.29 is 9.84 Å². The number of likely N-dealkylation sites (tertiary alicyclic amines) is 1. The summed E-state index contributed by atoms with van der Waals surface area (Å²) in [4.78, 5) is 18.2. The van der Waals surface area contributed by atoms with Crippen molar-refractivity contribution in [1.29, 1.82) is 0 Å². The van der Waals surface area contributed by atoms with E-state index in [2.05, 4.69) is 9.88 Å². The van der Waals surface area contributed by atoms with Crippen LogP contribution in [0.4, 0.5) is 0 Å². The van der Waals surface area contributed by atoms with E-state index in [1.807, 2.05) is 36.5 Å². The third-order valence-electron chi connectivity index (χ3n) is 5.27. The van der Waals surface area contributed by atoms with Crippen LogP contribution in [-0.2, 0) is 7.05 Å². The number of aliphatic hydroxyl groups is 1. The second-order valence-corrected chi connectivity index (χ2v) is 8.11. The topological polar surface area (TPSA) is 67.6 Å². The first kappa shape index (κ1) is 20.6. The molecule has 3 heterocycles. The zero-order chi connectivity index (χ0) is 21.1. The molecule has 7 heteroatoms. The van der Waals surface area contributed by atoms with Crippen LogP contribution in [0.25, 0.3) is 11.1 Å². The smallest absolute Gasteiger partial charge is 0.250 e. The average molecular weight is 426 g/mol. The van der Waals surface area contributed by atoms with Crippen LogP contribution in [0, 0.1) is 0 Å². The Hall–Kier alpha value is -2.67. The third kappa shape index (κ3) is 4.90. The molecule has 2 aromatic heterocycles. The Bertz CT molecular complexity index is 1060. The van der Waals surface area contributed by atoms with E-state index in [4.69, 9.17) is 16.3 Å². The molecule has 0 bridgehead atoms. The lowest BCUT2D eigenvalue weighted by Crippen LogP contribution is -2.49. The minimum atomic E-state index is -0.602. The van der Waals surface area contributed by atoms with Gasteiger partial charge in [0.1, 0.15) is 18.5 Å². The molecule has 1 fully saturated rings. The number of ether oxygens (including phenoxy) is 1. The second kappa shape index (κ2) is 9.00. The fourth-order valence-corrected chi connectivity index (χ4v) is 3.87. The minimum Gasteiger partial charge on any atom is -0.491 e. The van der Waals surface area contributed by atoms with Crippen LogP contribution in [0.3, 0.4) is 0 Å². The maximum absolute atomic E-state index is 11.6. The number of pyridine rings is 2. The summed E-state index contributed by atoms with van der Waals surface area (Å²) in [6.07, 6.45) is 2.97. The molecular weight excluding hydrogens is 402 g/mol. The van der Waals surface area contributed by atoms with E-state index in [1.54, 1.807) is 25.4 Å². The van der Waals surface area contributed by atoms with Gasteiger partial charge in [0.2, 0.25) is 5.56 Å². The van der Waals surface area contributed by atoms with Gasteiger partial charge in [0.15, 0.2) is 0 Å². The number of aryl methyl sites for hydroxylation is 1. The number of hydrogen-bond acceptors (Lipinski definition) is 5. The van der Waals surface area contributed by atoms with Gasteiger partial charge in [0.25, 0.3) is 0 Å². The van der Waals surface area contributed by atoms with Gasteiger partial charge in [-0.05, 0) is 47.5 Å². The molecule has 6 nitrogen and oxygen atoms in total. The summed E-state index contributed by atoms with van der Waals surface area (Å²) in [5, 5.41) is 10.9. The Kier molecular flexibility index (Phi) is 6.18. The molecule has 1 atom stereocenters. The zero-order valence-corrected chi connectivity index (χ0v) is 17.5. The van der Waals surface area contributed by atoms with Crippen LogP contribution in [0.2, 0.25) is 5.02 Å². The van der Waals surface area contributed by atoms with Crippen molar-refractivity contribution in [3.8, 4) is 16.9 Å². The summed E-state index contributed by atoms with van der Waals surface area (Å²) >= 11 is 6.25. The Labute approximate surface area is 180 Å². The van der Waals surface area contributed by atoms with Gasteiger partial charge in [0, 0.05) is 61.8 Å². The van der Waals surface area contributed by atoms with Gasteiger partial charge in [-0.2, -0.15) is 0 Å². The van der Waals surface area contributed by atoms with E-state index in [0.717, 1.165) is 29.9 Å². The first-order valence-electron chi connectivity index (χ1n) is 9.90. The van der Waals surface area contributed by atoms with Crippen LogP contribution in [0.15, 0.2) is 65.7 Å². The van der Waals surface area contributed by atoms with Crippen molar-refractivity contribution in [2.45, 2.75) is 12.0 Å². The summed E-state index contributed by atoms with van der Waals surface area (Å²) < 4.78 is 7.32. The lowest BCUT2D eigenvalue weighted by atomic mass is 9.95. The molecule has 1 saturated heterocycles. The van der Waals surface area contributed by atoms with E-state index in [1.165, 1.54) is 10.6 Å². The predicted octanol–water partition coefficient (Wildman–Crippen LogP) is 2.94. The van der Waals surface area contributed by atoms with Crippen molar-refractivity contribution >= 4 is 11.6 Å². The fourth-order valence-electron chi connectivity index (χ4n) is 3.64. The van der Waals surface area contributed by atoms with Crippen LogP contribution in [0.1, 0.15) is 11.6 Å². The fraction of sp³-hybridized carbons (Fsp3) is 0.304. The predicted molar refractivity (Wildman–Crippen MR) is 117 cm³/mol. The Morgan fingerprint density at radius 3 is 2.77 bits per heavy atom. The number of β-amino-alcohol motifs (C(OH)–C–C–N with tert-alkyl or cyclic N) is 1. The van der Waals surface area contributed by atoms with E-state index >= 15 is 0 Å². The molecule has 0 aliphatic carbocycles. The molecule has 1 aromatic carbocycles. The molecule has 3 aromatic rings. The van der Waals surface area contributed by atoms with E-state index < -0.39 is 6.10 Å². The molecule has 0 radical (unpaired) electrons. The van der Waals surface area contributed by atoms with Crippen LogP contribution in [-0.4, -0.2) is 51.9 Å². The van der Waals surface area contributed by atoms with Gasteiger partial charge in [0.05, 0.1) is 0 Å². The zero-order valence-electron chi connectivity index (χ0n) is 16.7.